The van der Waals surface area contributed by atoms with E-state index in [2.05, 4.69) is 30.9 Å². The quantitative estimate of drug-likeness (QED) is 0.589. The summed E-state index contributed by atoms with van der Waals surface area (Å²) in [5.41, 5.74) is 2.65. The van der Waals surface area contributed by atoms with Crippen molar-refractivity contribution in [3.05, 3.63) is 23.3 Å². The van der Waals surface area contributed by atoms with Gasteiger partial charge in [0.05, 0.1) is 26.9 Å². The second-order valence-electron chi connectivity index (χ2n) is 9.28. The molecule has 0 saturated carbocycles. The molecule has 0 bridgehead atoms. The molecule has 1 fully saturated rings. The zero-order valence-electron chi connectivity index (χ0n) is 19.3. The first-order valence-corrected chi connectivity index (χ1v) is 11.1. The van der Waals surface area contributed by atoms with Crippen LogP contribution in [0.15, 0.2) is 12.1 Å². The van der Waals surface area contributed by atoms with Gasteiger partial charge < -0.3 is 18.9 Å². The third-order valence-corrected chi connectivity index (χ3v) is 6.30. The highest BCUT2D eigenvalue weighted by atomic mass is 16.7. The van der Waals surface area contributed by atoms with Crippen molar-refractivity contribution in [2.24, 2.45) is 17.8 Å². The normalized spacial score (nSPS) is 23.7. The van der Waals surface area contributed by atoms with Crippen molar-refractivity contribution in [3.8, 4) is 11.5 Å². The van der Waals surface area contributed by atoms with Crippen LogP contribution < -0.4 is 9.47 Å². The number of carbonyl (C=O) groups is 1. The van der Waals surface area contributed by atoms with Crippen LogP contribution in [0.5, 0.6) is 11.5 Å². The Morgan fingerprint density at radius 3 is 2.43 bits per heavy atom. The van der Waals surface area contributed by atoms with E-state index in [0.29, 0.717) is 30.4 Å². The molecule has 0 aromatic heterocycles. The smallest absolute Gasteiger partial charge is 0.493 e. The molecule has 0 amide bonds. The first-order chi connectivity index (χ1) is 14.3. The predicted molar refractivity (Wildman–Crippen MR) is 116 cm³/mol. The maximum absolute atomic E-state index is 12.0. The zero-order valence-corrected chi connectivity index (χ0v) is 19.3. The van der Waals surface area contributed by atoms with Crippen molar-refractivity contribution in [1.82, 2.24) is 4.90 Å². The molecule has 0 aliphatic carbocycles. The highest BCUT2D eigenvalue weighted by molar-refractivity contribution is 5.60. The van der Waals surface area contributed by atoms with E-state index in [1.807, 2.05) is 13.8 Å². The number of benzene rings is 1. The van der Waals surface area contributed by atoms with E-state index >= 15 is 0 Å². The highest BCUT2D eigenvalue weighted by Gasteiger charge is 2.40. The minimum Gasteiger partial charge on any atom is -0.493 e. The summed E-state index contributed by atoms with van der Waals surface area (Å²) >= 11 is 0. The van der Waals surface area contributed by atoms with Gasteiger partial charge in [0.2, 0.25) is 0 Å². The molecule has 0 unspecified atom stereocenters. The third-order valence-electron chi connectivity index (χ3n) is 6.30. The summed E-state index contributed by atoms with van der Waals surface area (Å²) in [6.45, 7) is 10.7. The summed E-state index contributed by atoms with van der Waals surface area (Å²) in [5.74, 6) is 2.99. The standard InChI is InChI=1S/C24H37NO5/c1-15(2)9-18-13-25-8-7-17-11-22(27-5)23(28-6)12-20(17)21(25)10-19(18)14-29-24(26)30-16(3)4/h11-12,15-16,18-19,21H,7-10,13-14H2,1-6H3/t18-,19+,21-/m1/s1. The van der Waals surface area contributed by atoms with Gasteiger partial charge in [-0.05, 0) is 74.1 Å². The Kier molecular flexibility index (Phi) is 7.50. The lowest BCUT2D eigenvalue weighted by atomic mass is 9.74. The molecule has 30 heavy (non-hydrogen) atoms. The number of fused-ring (bicyclic) bond motifs is 3. The van der Waals surface area contributed by atoms with Crippen molar-refractivity contribution in [2.45, 2.75) is 59.1 Å². The molecule has 2 aliphatic rings. The Balaban J connectivity index is 1.81. The van der Waals surface area contributed by atoms with Gasteiger partial charge >= 0.3 is 6.16 Å². The van der Waals surface area contributed by atoms with E-state index < -0.39 is 6.16 Å². The summed E-state index contributed by atoms with van der Waals surface area (Å²) in [7, 11) is 3.36. The number of methoxy groups -OCH3 is 2. The molecule has 1 saturated heterocycles. The molecular formula is C24H37NO5. The lowest BCUT2D eigenvalue weighted by Crippen LogP contribution is -2.47. The maximum Gasteiger partial charge on any atom is 0.508 e. The molecule has 2 heterocycles. The van der Waals surface area contributed by atoms with E-state index in [1.54, 1.807) is 14.2 Å². The molecule has 3 atom stereocenters. The molecule has 168 valence electrons. The fourth-order valence-corrected chi connectivity index (χ4v) is 4.98. The summed E-state index contributed by atoms with van der Waals surface area (Å²) < 4.78 is 21.8. The second kappa shape index (κ2) is 9.90. The topological polar surface area (TPSA) is 57.2 Å². The molecule has 3 rings (SSSR count). The number of nitrogens with zero attached hydrogens (tertiary/aromatic N) is 1. The number of hydrogen-bond donors (Lipinski definition) is 0. The summed E-state index contributed by atoms with van der Waals surface area (Å²) in [6.07, 6.45) is 2.39. The number of carbonyl (C=O) groups excluding carboxylic acids is 1. The lowest BCUT2D eigenvalue weighted by Gasteiger charge is -2.47. The number of hydrogen-bond acceptors (Lipinski definition) is 6. The molecule has 6 nitrogen and oxygen atoms in total. The van der Waals surface area contributed by atoms with Crippen molar-refractivity contribution >= 4 is 6.16 Å². The van der Waals surface area contributed by atoms with Gasteiger partial charge in [0.15, 0.2) is 11.5 Å². The van der Waals surface area contributed by atoms with Gasteiger partial charge in [-0.15, -0.1) is 0 Å². The van der Waals surface area contributed by atoms with Crippen LogP contribution in [-0.2, 0) is 15.9 Å². The zero-order chi connectivity index (χ0) is 21.8. The van der Waals surface area contributed by atoms with Crippen LogP contribution >= 0.6 is 0 Å². The summed E-state index contributed by atoms with van der Waals surface area (Å²) in [4.78, 5) is 14.6. The first kappa shape index (κ1) is 22.7. The van der Waals surface area contributed by atoms with Crippen molar-refractivity contribution in [1.29, 1.82) is 0 Å². The Morgan fingerprint density at radius 1 is 1.10 bits per heavy atom. The average molecular weight is 420 g/mol. The van der Waals surface area contributed by atoms with Gasteiger partial charge in [-0.3, -0.25) is 4.90 Å². The molecule has 1 aromatic rings. The van der Waals surface area contributed by atoms with Crippen molar-refractivity contribution in [2.75, 3.05) is 33.9 Å². The lowest BCUT2D eigenvalue weighted by molar-refractivity contribution is -0.0141. The Hall–Kier alpha value is -1.95. The monoisotopic (exact) mass is 419 g/mol. The number of rotatable bonds is 7. The average Bonchev–Trinajstić information content (AvgIpc) is 2.70. The maximum atomic E-state index is 12.0. The fraction of sp³-hybridized carbons (Fsp3) is 0.708. The van der Waals surface area contributed by atoms with Crippen LogP contribution in [0.25, 0.3) is 0 Å². The fourth-order valence-electron chi connectivity index (χ4n) is 4.98. The largest absolute Gasteiger partial charge is 0.508 e. The second-order valence-corrected chi connectivity index (χ2v) is 9.28. The molecule has 6 heteroatoms. The molecular weight excluding hydrogens is 382 g/mol. The Labute approximate surface area is 180 Å². The van der Waals surface area contributed by atoms with Gasteiger partial charge in [-0.1, -0.05) is 13.8 Å². The highest BCUT2D eigenvalue weighted by Crippen LogP contribution is 2.45. The van der Waals surface area contributed by atoms with Gasteiger partial charge in [-0.25, -0.2) is 4.79 Å². The molecule has 0 radical (unpaired) electrons. The number of piperidine rings is 1. The third kappa shape index (κ3) is 5.20. The van der Waals surface area contributed by atoms with Gasteiger partial charge in [0.1, 0.15) is 0 Å². The number of ether oxygens (including phenoxy) is 4. The Bertz CT molecular complexity index is 733. The predicted octanol–water partition coefficient (Wildman–Crippen LogP) is 4.85. The van der Waals surface area contributed by atoms with Crippen molar-refractivity contribution in [3.63, 3.8) is 0 Å². The van der Waals surface area contributed by atoms with E-state index in [4.69, 9.17) is 18.9 Å². The summed E-state index contributed by atoms with van der Waals surface area (Å²) in [6, 6.07) is 4.57. The molecule has 2 aliphatic heterocycles. The van der Waals surface area contributed by atoms with Gasteiger partial charge in [0, 0.05) is 19.1 Å². The van der Waals surface area contributed by atoms with Gasteiger partial charge in [0.25, 0.3) is 0 Å². The van der Waals surface area contributed by atoms with E-state index in [1.165, 1.54) is 11.1 Å². The van der Waals surface area contributed by atoms with Crippen LogP contribution in [0.4, 0.5) is 4.79 Å². The molecule has 0 spiro atoms. The van der Waals surface area contributed by atoms with Gasteiger partial charge in [-0.2, -0.15) is 0 Å². The van der Waals surface area contributed by atoms with Crippen LogP contribution in [0, 0.1) is 17.8 Å². The molecule has 0 N–H and O–H groups in total. The Morgan fingerprint density at radius 2 is 1.80 bits per heavy atom. The molecule has 1 aromatic carbocycles. The minimum absolute atomic E-state index is 0.168. The first-order valence-electron chi connectivity index (χ1n) is 11.1. The summed E-state index contributed by atoms with van der Waals surface area (Å²) in [5, 5.41) is 0. The van der Waals surface area contributed by atoms with Crippen LogP contribution in [-0.4, -0.2) is 51.1 Å². The van der Waals surface area contributed by atoms with E-state index in [9.17, 15) is 4.79 Å². The van der Waals surface area contributed by atoms with Crippen molar-refractivity contribution < 1.29 is 23.7 Å². The van der Waals surface area contributed by atoms with Crippen LogP contribution in [0.2, 0.25) is 0 Å². The van der Waals surface area contributed by atoms with E-state index in [-0.39, 0.29) is 6.10 Å². The van der Waals surface area contributed by atoms with Crippen LogP contribution in [0.1, 0.15) is 57.7 Å². The van der Waals surface area contributed by atoms with Crippen LogP contribution in [0.3, 0.4) is 0 Å². The minimum atomic E-state index is -0.564. The van der Waals surface area contributed by atoms with E-state index in [0.717, 1.165) is 43.9 Å². The SMILES string of the molecule is COc1cc2c(cc1OC)[C@H]1C[C@@H](COC(=O)OC(C)C)[C@H](CC(C)C)CN1CC2.